The monoisotopic (exact) mass is 447 g/mol. The SMILES string of the molecule is O=C(N[C@@H](Cc1ccccc1)C(=O)N1CCC[C@H]1C(=O)C1CC=CN1)OCc1ccccc1. The molecule has 4 rings (SSSR count). The molecule has 7 nitrogen and oxygen atoms in total. The van der Waals surface area contributed by atoms with Crippen LogP contribution in [0.25, 0.3) is 0 Å². The number of alkyl carbamates (subject to hydrolysis) is 1. The number of rotatable bonds is 8. The first kappa shape index (κ1) is 22.6. The number of ether oxygens (including phenoxy) is 1. The Bertz CT molecular complexity index is 985. The van der Waals surface area contributed by atoms with E-state index in [0.717, 1.165) is 17.5 Å². The van der Waals surface area contributed by atoms with Crippen LogP contribution in [-0.4, -0.2) is 47.4 Å². The highest BCUT2D eigenvalue weighted by atomic mass is 16.5. The minimum Gasteiger partial charge on any atom is -0.445 e. The number of carbonyl (C=O) groups excluding carboxylic acids is 3. The number of hydrogen-bond donors (Lipinski definition) is 2. The summed E-state index contributed by atoms with van der Waals surface area (Å²) in [7, 11) is 0. The Hall–Kier alpha value is -3.61. The second kappa shape index (κ2) is 10.8. The zero-order valence-corrected chi connectivity index (χ0v) is 18.5. The van der Waals surface area contributed by atoms with Gasteiger partial charge in [-0.15, -0.1) is 0 Å². The molecule has 1 unspecified atom stereocenters. The molecule has 2 heterocycles. The molecular weight excluding hydrogens is 418 g/mol. The maximum Gasteiger partial charge on any atom is 0.408 e. The van der Waals surface area contributed by atoms with E-state index < -0.39 is 18.2 Å². The smallest absolute Gasteiger partial charge is 0.408 e. The van der Waals surface area contributed by atoms with Crippen molar-refractivity contribution in [2.24, 2.45) is 0 Å². The van der Waals surface area contributed by atoms with Gasteiger partial charge in [-0.05, 0) is 36.6 Å². The molecule has 2 aliphatic heterocycles. The lowest BCUT2D eigenvalue weighted by Crippen LogP contribution is -2.54. The third kappa shape index (κ3) is 5.80. The largest absolute Gasteiger partial charge is 0.445 e. The number of amides is 2. The topological polar surface area (TPSA) is 87.7 Å². The fourth-order valence-electron chi connectivity index (χ4n) is 4.37. The molecule has 3 atom stereocenters. The van der Waals surface area contributed by atoms with Crippen LogP contribution in [0.2, 0.25) is 0 Å². The summed E-state index contributed by atoms with van der Waals surface area (Å²) in [5, 5.41) is 5.82. The Kier molecular flexibility index (Phi) is 7.40. The molecule has 2 aliphatic rings. The number of Topliss-reactive ketones (excluding diaryl/α,β-unsaturated/α-hetero) is 1. The van der Waals surface area contributed by atoms with Gasteiger partial charge in [-0.1, -0.05) is 66.7 Å². The zero-order chi connectivity index (χ0) is 23.0. The molecule has 0 bridgehead atoms. The molecule has 0 aromatic heterocycles. The Morgan fingerprint density at radius 1 is 1.03 bits per heavy atom. The van der Waals surface area contributed by atoms with E-state index >= 15 is 0 Å². The van der Waals surface area contributed by atoms with Gasteiger partial charge in [-0.2, -0.15) is 0 Å². The Balaban J connectivity index is 1.45. The van der Waals surface area contributed by atoms with E-state index in [1.807, 2.05) is 66.7 Å². The molecule has 2 aromatic carbocycles. The summed E-state index contributed by atoms with van der Waals surface area (Å²) in [6.45, 7) is 0.617. The molecule has 0 spiro atoms. The van der Waals surface area contributed by atoms with Gasteiger partial charge in [0.1, 0.15) is 12.6 Å². The van der Waals surface area contributed by atoms with Gasteiger partial charge in [0.2, 0.25) is 5.91 Å². The maximum atomic E-state index is 13.6. The summed E-state index contributed by atoms with van der Waals surface area (Å²) in [4.78, 5) is 40.8. The van der Waals surface area contributed by atoms with Gasteiger partial charge in [0.05, 0.1) is 12.1 Å². The number of likely N-dealkylation sites (tertiary alicyclic amines) is 1. The fraction of sp³-hybridized carbons (Fsp3) is 0.346. The molecule has 2 aromatic rings. The van der Waals surface area contributed by atoms with E-state index in [1.165, 1.54) is 0 Å². The van der Waals surface area contributed by atoms with Gasteiger partial charge in [-0.25, -0.2) is 4.79 Å². The van der Waals surface area contributed by atoms with E-state index in [0.29, 0.717) is 25.8 Å². The van der Waals surface area contributed by atoms with Crippen molar-refractivity contribution in [2.45, 2.75) is 50.4 Å². The molecule has 0 radical (unpaired) electrons. The predicted octanol–water partition coefficient (Wildman–Crippen LogP) is 2.96. The molecule has 2 N–H and O–H groups in total. The van der Waals surface area contributed by atoms with Crippen molar-refractivity contribution in [1.29, 1.82) is 0 Å². The number of nitrogens with zero attached hydrogens (tertiary/aromatic N) is 1. The van der Waals surface area contributed by atoms with Gasteiger partial charge >= 0.3 is 6.09 Å². The van der Waals surface area contributed by atoms with Crippen LogP contribution in [-0.2, 0) is 27.4 Å². The minimum absolute atomic E-state index is 0.0240. The van der Waals surface area contributed by atoms with E-state index in [-0.39, 0.29) is 24.3 Å². The lowest BCUT2D eigenvalue weighted by molar-refractivity contribution is -0.139. The first-order valence-corrected chi connectivity index (χ1v) is 11.4. The van der Waals surface area contributed by atoms with Crippen LogP contribution in [0.5, 0.6) is 0 Å². The highest BCUT2D eigenvalue weighted by molar-refractivity contribution is 5.95. The molecule has 0 saturated carbocycles. The maximum absolute atomic E-state index is 13.6. The summed E-state index contributed by atoms with van der Waals surface area (Å²) >= 11 is 0. The van der Waals surface area contributed by atoms with Gasteiger partial charge in [-0.3, -0.25) is 9.59 Å². The predicted molar refractivity (Wildman–Crippen MR) is 124 cm³/mol. The number of carbonyl (C=O) groups is 3. The van der Waals surface area contributed by atoms with Crippen molar-refractivity contribution in [1.82, 2.24) is 15.5 Å². The van der Waals surface area contributed by atoms with Crippen molar-refractivity contribution >= 4 is 17.8 Å². The number of benzene rings is 2. The lowest BCUT2D eigenvalue weighted by atomic mass is 10.00. The van der Waals surface area contributed by atoms with Crippen molar-refractivity contribution in [2.75, 3.05) is 6.54 Å². The Morgan fingerprint density at radius 3 is 2.39 bits per heavy atom. The van der Waals surface area contributed by atoms with Crippen molar-refractivity contribution in [3.8, 4) is 0 Å². The summed E-state index contributed by atoms with van der Waals surface area (Å²) in [6.07, 6.45) is 5.41. The second-order valence-electron chi connectivity index (χ2n) is 8.40. The summed E-state index contributed by atoms with van der Waals surface area (Å²) in [5.41, 5.74) is 1.78. The molecule has 0 aliphatic carbocycles. The normalized spacial score (nSPS) is 20.2. The van der Waals surface area contributed by atoms with Crippen LogP contribution >= 0.6 is 0 Å². The van der Waals surface area contributed by atoms with Crippen molar-refractivity contribution < 1.29 is 19.1 Å². The van der Waals surface area contributed by atoms with Crippen LogP contribution in [0, 0.1) is 0 Å². The first-order valence-electron chi connectivity index (χ1n) is 11.4. The summed E-state index contributed by atoms with van der Waals surface area (Å²) in [6, 6.07) is 17.3. The Labute approximate surface area is 193 Å². The Morgan fingerprint density at radius 2 is 1.73 bits per heavy atom. The van der Waals surface area contributed by atoms with Crippen molar-refractivity contribution in [3.63, 3.8) is 0 Å². The zero-order valence-electron chi connectivity index (χ0n) is 18.5. The lowest BCUT2D eigenvalue weighted by Gasteiger charge is -2.30. The van der Waals surface area contributed by atoms with Gasteiger partial charge < -0.3 is 20.3 Å². The van der Waals surface area contributed by atoms with Crippen LogP contribution in [0.15, 0.2) is 72.9 Å². The summed E-state index contributed by atoms with van der Waals surface area (Å²) in [5.74, 6) is -0.228. The van der Waals surface area contributed by atoms with E-state index in [1.54, 1.807) is 11.1 Å². The van der Waals surface area contributed by atoms with Gasteiger partial charge in [0.25, 0.3) is 0 Å². The first-order chi connectivity index (χ1) is 16.1. The molecule has 172 valence electrons. The molecular formula is C26H29N3O4. The van der Waals surface area contributed by atoms with E-state index in [4.69, 9.17) is 4.74 Å². The van der Waals surface area contributed by atoms with Crippen LogP contribution < -0.4 is 10.6 Å². The third-order valence-corrected chi connectivity index (χ3v) is 6.08. The number of nitrogens with one attached hydrogen (secondary N) is 2. The average Bonchev–Trinajstić information content (AvgIpc) is 3.55. The van der Waals surface area contributed by atoms with Crippen molar-refractivity contribution in [3.05, 3.63) is 84.1 Å². The molecule has 1 fully saturated rings. The molecule has 1 saturated heterocycles. The highest BCUT2D eigenvalue weighted by Gasteiger charge is 2.40. The fourth-order valence-corrected chi connectivity index (χ4v) is 4.37. The van der Waals surface area contributed by atoms with E-state index in [9.17, 15) is 14.4 Å². The molecule has 7 heteroatoms. The number of ketones is 1. The summed E-state index contributed by atoms with van der Waals surface area (Å²) < 4.78 is 5.36. The second-order valence-corrected chi connectivity index (χ2v) is 8.40. The van der Waals surface area contributed by atoms with Crippen LogP contribution in [0.4, 0.5) is 4.79 Å². The van der Waals surface area contributed by atoms with E-state index in [2.05, 4.69) is 10.6 Å². The van der Waals surface area contributed by atoms with Gasteiger partial charge in [0, 0.05) is 13.0 Å². The number of hydrogen-bond acceptors (Lipinski definition) is 5. The van der Waals surface area contributed by atoms with Gasteiger partial charge in [0.15, 0.2) is 5.78 Å². The molecule has 33 heavy (non-hydrogen) atoms. The minimum atomic E-state index is -0.821. The quantitative estimate of drug-likeness (QED) is 0.650. The van der Waals surface area contributed by atoms with Crippen LogP contribution in [0.3, 0.4) is 0 Å². The highest BCUT2D eigenvalue weighted by Crippen LogP contribution is 2.23. The van der Waals surface area contributed by atoms with Crippen LogP contribution in [0.1, 0.15) is 30.4 Å². The average molecular weight is 448 g/mol. The molecule has 2 amide bonds. The third-order valence-electron chi connectivity index (χ3n) is 6.08. The standard InChI is InChI=1S/C26H29N3O4/c30-24(21-13-7-15-27-21)23-14-8-16-29(23)25(31)22(17-19-9-3-1-4-10-19)28-26(32)33-18-20-11-5-2-6-12-20/h1-7,9-12,15,21-23,27H,8,13-14,16-18H2,(H,28,32)/t21?,22-,23-/m0/s1.